The zero-order valence-electron chi connectivity index (χ0n) is 8.97. The molecule has 1 aliphatic rings. The monoisotopic (exact) mass is 206 g/mol. The van der Waals surface area contributed by atoms with Gasteiger partial charge in [-0.15, -0.1) is 0 Å². The normalized spacial score (nSPS) is 22.9. The summed E-state index contributed by atoms with van der Waals surface area (Å²) in [5.41, 5.74) is 6.81. The van der Waals surface area contributed by atoms with E-state index in [1.807, 2.05) is 6.07 Å². The van der Waals surface area contributed by atoms with E-state index in [2.05, 4.69) is 14.9 Å². The maximum atomic E-state index is 5.71. The second-order valence-electron chi connectivity index (χ2n) is 4.18. The van der Waals surface area contributed by atoms with Crippen LogP contribution in [0.25, 0.3) is 0 Å². The first-order valence-corrected chi connectivity index (χ1v) is 5.56. The molecule has 0 bridgehead atoms. The van der Waals surface area contributed by atoms with Crippen molar-refractivity contribution in [2.75, 3.05) is 19.6 Å². The fraction of sp³-hybridized carbons (Fsp3) is 0.636. The van der Waals surface area contributed by atoms with Gasteiger partial charge < -0.3 is 5.73 Å². The molecule has 2 N–H and O–H groups in total. The molecule has 1 atom stereocenters. The number of nitrogens with two attached hydrogens (primary N) is 1. The van der Waals surface area contributed by atoms with Gasteiger partial charge in [0.05, 0.1) is 5.69 Å². The first-order valence-electron chi connectivity index (χ1n) is 5.56. The average molecular weight is 206 g/mol. The number of piperidine rings is 1. The zero-order chi connectivity index (χ0) is 10.5. The first-order chi connectivity index (χ1) is 7.38. The van der Waals surface area contributed by atoms with E-state index in [1.165, 1.54) is 19.4 Å². The van der Waals surface area contributed by atoms with E-state index < -0.39 is 0 Å². The smallest absolute Gasteiger partial charge is 0.115 e. The van der Waals surface area contributed by atoms with Crippen LogP contribution in [-0.4, -0.2) is 34.5 Å². The van der Waals surface area contributed by atoms with Crippen LogP contribution in [0.5, 0.6) is 0 Å². The van der Waals surface area contributed by atoms with Gasteiger partial charge in [-0.2, -0.15) is 0 Å². The van der Waals surface area contributed by atoms with Gasteiger partial charge in [0.1, 0.15) is 6.33 Å². The minimum Gasteiger partial charge on any atom is -0.330 e. The van der Waals surface area contributed by atoms with Crippen LogP contribution < -0.4 is 5.73 Å². The molecule has 1 aromatic heterocycles. The zero-order valence-corrected chi connectivity index (χ0v) is 8.97. The second kappa shape index (κ2) is 5.19. The molecule has 0 spiro atoms. The molecule has 2 rings (SSSR count). The van der Waals surface area contributed by atoms with Crippen LogP contribution in [0.2, 0.25) is 0 Å². The number of likely N-dealkylation sites (tertiary alicyclic amines) is 1. The molecule has 0 saturated carbocycles. The minimum absolute atomic E-state index is 0.667. The van der Waals surface area contributed by atoms with Gasteiger partial charge >= 0.3 is 0 Å². The Morgan fingerprint density at radius 1 is 1.53 bits per heavy atom. The van der Waals surface area contributed by atoms with Gasteiger partial charge in [0.25, 0.3) is 0 Å². The summed E-state index contributed by atoms with van der Waals surface area (Å²) in [5.74, 6) is 0.667. The standard InChI is InChI=1S/C11H18N4/c12-6-10-2-1-5-15(7-10)8-11-3-4-13-9-14-11/h3-4,9-10H,1-2,5-8,12H2. The number of nitrogens with zero attached hydrogens (tertiary/aromatic N) is 3. The van der Waals surface area contributed by atoms with Crippen molar-refractivity contribution < 1.29 is 0 Å². The predicted molar refractivity (Wildman–Crippen MR) is 59.1 cm³/mol. The highest BCUT2D eigenvalue weighted by molar-refractivity contribution is 4.97. The van der Waals surface area contributed by atoms with Crippen molar-refractivity contribution in [3.05, 3.63) is 24.3 Å². The number of aromatic nitrogens is 2. The van der Waals surface area contributed by atoms with Gasteiger partial charge in [-0.3, -0.25) is 4.90 Å². The second-order valence-corrected chi connectivity index (χ2v) is 4.18. The Morgan fingerprint density at radius 3 is 3.20 bits per heavy atom. The summed E-state index contributed by atoms with van der Waals surface area (Å²) >= 11 is 0. The van der Waals surface area contributed by atoms with Gasteiger partial charge in [-0.1, -0.05) is 0 Å². The van der Waals surface area contributed by atoms with Crippen molar-refractivity contribution in [3.8, 4) is 0 Å². The third-order valence-corrected chi connectivity index (χ3v) is 2.97. The molecule has 1 aromatic rings. The molecule has 0 radical (unpaired) electrons. The van der Waals surface area contributed by atoms with E-state index in [9.17, 15) is 0 Å². The van der Waals surface area contributed by atoms with Crippen molar-refractivity contribution in [1.82, 2.24) is 14.9 Å². The SMILES string of the molecule is NCC1CCCN(Cc2ccncn2)C1. The van der Waals surface area contributed by atoms with Crippen molar-refractivity contribution >= 4 is 0 Å². The number of rotatable bonds is 3. The molecule has 4 nitrogen and oxygen atoms in total. The quantitative estimate of drug-likeness (QED) is 0.789. The van der Waals surface area contributed by atoms with E-state index in [0.717, 1.165) is 25.3 Å². The molecule has 15 heavy (non-hydrogen) atoms. The fourth-order valence-electron chi connectivity index (χ4n) is 2.13. The molecule has 0 aromatic carbocycles. The third-order valence-electron chi connectivity index (χ3n) is 2.97. The lowest BCUT2D eigenvalue weighted by atomic mass is 9.98. The van der Waals surface area contributed by atoms with Crippen LogP contribution in [0.4, 0.5) is 0 Å². The maximum absolute atomic E-state index is 5.71. The highest BCUT2D eigenvalue weighted by Crippen LogP contribution is 2.16. The predicted octanol–water partition coefficient (Wildman–Crippen LogP) is 0.647. The molecule has 1 aliphatic heterocycles. The Labute approximate surface area is 90.5 Å². The van der Waals surface area contributed by atoms with Gasteiger partial charge in [0.15, 0.2) is 0 Å². The summed E-state index contributed by atoms with van der Waals surface area (Å²) in [4.78, 5) is 10.6. The summed E-state index contributed by atoms with van der Waals surface area (Å²) in [7, 11) is 0. The highest BCUT2D eigenvalue weighted by Gasteiger charge is 2.18. The van der Waals surface area contributed by atoms with E-state index in [1.54, 1.807) is 12.5 Å². The Hall–Kier alpha value is -1.00. The van der Waals surface area contributed by atoms with Crippen molar-refractivity contribution in [3.63, 3.8) is 0 Å². The van der Waals surface area contributed by atoms with E-state index in [4.69, 9.17) is 5.73 Å². The molecule has 2 heterocycles. The van der Waals surface area contributed by atoms with Crippen LogP contribution in [0.1, 0.15) is 18.5 Å². The van der Waals surface area contributed by atoms with E-state index in [-0.39, 0.29) is 0 Å². The Kier molecular flexibility index (Phi) is 3.64. The van der Waals surface area contributed by atoms with Crippen LogP contribution in [0, 0.1) is 5.92 Å². The largest absolute Gasteiger partial charge is 0.330 e. The maximum Gasteiger partial charge on any atom is 0.115 e. The lowest BCUT2D eigenvalue weighted by Crippen LogP contribution is -2.38. The topological polar surface area (TPSA) is 55.0 Å². The lowest BCUT2D eigenvalue weighted by Gasteiger charge is -2.31. The van der Waals surface area contributed by atoms with Crippen molar-refractivity contribution in [2.24, 2.45) is 11.7 Å². The number of hydrogen-bond acceptors (Lipinski definition) is 4. The molecule has 4 heteroatoms. The summed E-state index contributed by atoms with van der Waals surface area (Å²) in [6.45, 7) is 4.01. The molecule has 1 saturated heterocycles. The van der Waals surface area contributed by atoms with Crippen LogP contribution in [0.3, 0.4) is 0 Å². The van der Waals surface area contributed by atoms with Gasteiger partial charge in [0, 0.05) is 19.3 Å². The highest BCUT2D eigenvalue weighted by atomic mass is 15.1. The summed E-state index contributed by atoms with van der Waals surface area (Å²) in [6, 6.07) is 1.98. The first kappa shape index (κ1) is 10.5. The molecule has 1 unspecified atom stereocenters. The van der Waals surface area contributed by atoms with Gasteiger partial charge in [-0.25, -0.2) is 9.97 Å². The molecular formula is C11H18N4. The van der Waals surface area contributed by atoms with Crippen LogP contribution in [0.15, 0.2) is 18.6 Å². The van der Waals surface area contributed by atoms with E-state index in [0.29, 0.717) is 5.92 Å². The molecule has 0 amide bonds. The third kappa shape index (κ3) is 2.97. The molecule has 82 valence electrons. The Balaban J connectivity index is 1.89. The summed E-state index contributed by atoms with van der Waals surface area (Å²) in [6.07, 6.45) is 5.94. The molecule has 0 aliphatic carbocycles. The van der Waals surface area contributed by atoms with Crippen LogP contribution >= 0.6 is 0 Å². The van der Waals surface area contributed by atoms with Gasteiger partial charge in [-0.05, 0) is 37.9 Å². The fourth-order valence-corrected chi connectivity index (χ4v) is 2.13. The summed E-state index contributed by atoms with van der Waals surface area (Å²) in [5, 5.41) is 0. The molecule has 1 fully saturated rings. The lowest BCUT2D eigenvalue weighted by molar-refractivity contribution is 0.169. The minimum atomic E-state index is 0.667. The molecular weight excluding hydrogens is 188 g/mol. The van der Waals surface area contributed by atoms with Crippen LogP contribution in [-0.2, 0) is 6.54 Å². The van der Waals surface area contributed by atoms with Crippen molar-refractivity contribution in [1.29, 1.82) is 0 Å². The summed E-state index contributed by atoms with van der Waals surface area (Å²) < 4.78 is 0. The van der Waals surface area contributed by atoms with Gasteiger partial charge in [0.2, 0.25) is 0 Å². The van der Waals surface area contributed by atoms with Crippen molar-refractivity contribution in [2.45, 2.75) is 19.4 Å². The number of hydrogen-bond donors (Lipinski definition) is 1. The van der Waals surface area contributed by atoms with E-state index >= 15 is 0 Å². The Morgan fingerprint density at radius 2 is 2.47 bits per heavy atom. The Bertz CT molecular complexity index is 288. The average Bonchev–Trinajstić information content (AvgIpc) is 2.31.